The molecule has 2 amide bonds. The Morgan fingerprint density at radius 1 is 1.21 bits per heavy atom. The van der Waals surface area contributed by atoms with E-state index >= 15 is 0 Å². The summed E-state index contributed by atoms with van der Waals surface area (Å²) in [6.45, 7) is 3.93. The van der Waals surface area contributed by atoms with E-state index in [1.54, 1.807) is 6.07 Å². The molecule has 0 spiro atoms. The summed E-state index contributed by atoms with van der Waals surface area (Å²) in [5.41, 5.74) is 6.71. The summed E-state index contributed by atoms with van der Waals surface area (Å²) in [5, 5.41) is 7.02. The highest BCUT2D eigenvalue weighted by atomic mass is 16.2. The van der Waals surface area contributed by atoms with Gasteiger partial charge in [-0.1, -0.05) is 36.8 Å². The lowest BCUT2D eigenvalue weighted by Crippen LogP contribution is -2.31. The van der Waals surface area contributed by atoms with Crippen molar-refractivity contribution in [2.24, 2.45) is 11.0 Å². The van der Waals surface area contributed by atoms with Crippen molar-refractivity contribution in [3.8, 4) is 0 Å². The van der Waals surface area contributed by atoms with Gasteiger partial charge in [-0.05, 0) is 36.8 Å². The maximum atomic E-state index is 12.3. The maximum Gasteiger partial charge on any atom is 0.255 e. The Kier molecular flexibility index (Phi) is 4.42. The molecule has 24 heavy (non-hydrogen) atoms. The molecule has 0 aromatic heterocycles. The third kappa shape index (κ3) is 3.51. The largest absolute Gasteiger partial charge is 0.322 e. The van der Waals surface area contributed by atoms with E-state index in [0.717, 1.165) is 22.5 Å². The van der Waals surface area contributed by atoms with Crippen molar-refractivity contribution in [1.82, 2.24) is 5.43 Å². The van der Waals surface area contributed by atoms with Crippen LogP contribution in [0.2, 0.25) is 0 Å². The third-order valence-corrected chi connectivity index (χ3v) is 3.98. The van der Waals surface area contributed by atoms with Gasteiger partial charge in [-0.15, -0.1) is 0 Å². The zero-order valence-corrected chi connectivity index (χ0v) is 13.7. The standard InChI is InChI=1S/C19H19N3O2/c1-12-4-3-5-15(10-12)19(24)20-16-8-6-14(7-9-16)18-13(2)11-17(23)21-22-18/h3-10,13H,11H2,1-2H3,(H,20,24)(H,21,23). The number of nitrogens with one attached hydrogen (secondary N) is 2. The average molecular weight is 321 g/mol. The zero-order chi connectivity index (χ0) is 17.1. The van der Waals surface area contributed by atoms with Gasteiger partial charge in [0, 0.05) is 23.6 Å². The molecule has 0 aliphatic carbocycles. The van der Waals surface area contributed by atoms with Crippen molar-refractivity contribution in [3.05, 3.63) is 65.2 Å². The van der Waals surface area contributed by atoms with Gasteiger partial charge in [-0.25, -0.2) is 5.43 Å². The van der Waals surface area contributed by atoms with Crippen LogP contribution in [-0.4, -0.2) is 17.5 Å². The number of carbonyl (C=O) groups is 2. The molecule has 5 heteroatoms. The van der Waals surface area contributed by atoms with Crippen LogP contribution in [0.4, 0.5) is 5.69 Å². The summed E-state index contributed by atoms with van der Waals surface area (Å²) in [4.78, 5) is 23.6. The zero-order valence-electron chi connectivity index (χ0n) is 13.7. The molecule has 122 valence electrons. The van der Waals surface area contributed by atoms with Gasteiger partial charge in [0.1, 0.15) is 0 Å². The lowest BCUT2D eigenvalue weighted by Gasteiger charge is -2.19. The van der Waals surface area contributed by atoms with Gasteiger partial charge in [0.25, 0.3) is 5.91 Å². The number of amides is 2. The van der Waals surface area contributed by atoms with Gasteiger partial charge >= 0.3 is 0 Å². The molecule has 2 N–H and O–H groups in total. The van der Waals surface area contributed by atoms with Crippen molar-refractivity contribution < 1.29 is 9.59 Å². The van der Waals surface area contributed by atoms with E-state index in [-0.39, 0.29) is 17.7 Å². The molecule has 1 unspecified atom stereocenters. The van der Waals surface area contributed by atoms with Crippen molar-refractivity contribution in [2.75, 3.05) is 5.32 Å². The average Bonchev–Trinajstić information content (AvgIpc) is 2.56. The highest BCUT2D eigenvalue weighted by Gasteiger charge is 2.21. The van der Waals surface area contributed by atoms with Crippen LogP contribution in [0.1, 0.15) is 34.8 Å². The number of anilines is 1. The second-order valence-electron chi connectivity index (χ2n) is 6.04. The Morgan fingerprint density at radius 3 is 2.62 bits per heavy atom. The molecule has 0 radical (unpaired) electrons. The molecule has 1 aliphatic heterocycles. The number of nitrogens with zero attached hydrogens (tertiary/aromatic N) is 1. The van der Waals surface area contributed by atoms with Crippen LogP contribution >= 0.6 is 0 Å². The summed E-state index contributed by atoms with van der Waals surface area (Å²) >= 11 is 0. The molecule has 1 heterocycles. The van der Waals surface area contributed by atoms with E-state index in [2.05, 4.69) is 15.8 Å². The van der Waals surface area contributed by atoms with E-state index in [1.807, 2.05) is 56.3 Å². The lowest BCUT2D eigenvalue weighted by molar-refractivity contribution is -0.121. The second-order valence-corrected chi connectivity index (χ2v) is 6.04. The monoisotopic (exact) mass is 321 g/mol. The van der Waals surface area contributed by atoms with Crippen LogP contribution in [0.15, 0.2) is 53.6 Å². The molecular weight excluding hydrogens is 302 g/mol. The quantitative estimate of drug-likeness (QED) is 0.912. The predicted octanol–water partition coefficient (Wildman–Crippen LogP) is 3.11. The fourth-order valence-corrected chi connectivity index (χ4v) is 2.72. The summed E-state index contributed by atoms with van der Waals surface area (Å²) < 4.78 is 0. The Hall–Kier alpha value is -2.95. The lowest BCUT2D eigenvalue weighted by atomic mass is 9.94. The van der Waals surface area contributed by atoms with Crippen LogP contribution in [-0.2, 0) is 4.79 Å². The summed E-state index contributed by atoms with van der Waals surface area (Å²) in [6.07, 6.45) is 0.435. The van der Waals surface area contributed by atoms with Gasteiger partial charge < -0.3 is 5.32 Å². The number of hydrogen-bond donors (Lipinski definition) is 2. The first kappa shape index (κ1) is 15.9. The van der Waals surface area contributed by atoms with Crippen LogP contribution < -0.4 is 10.7 Å². The van der Waals surface area contributed by atoms with Crippen LogP contribution in [0.25, 0.3) is 0 Å². The molecule has 5 nitrogen and oxygen atoms in total. The van der Waals surface area contributed by atoms with Crippen molar-refractivity contribution in [3.63, 3.8) is 0 Å². The molecule has 0 bridgehead atoms. The maximum absolute atomic E-state index is 12.3. The van der Waals surface area contributed by atoms with E-state index in [0.29, 0.717) is 12.0 Å². The van der Waals surface area contributed by atoms with E-state index < -0.39 is 0 Å². The number of hydrazone groups is 1. The predicted molar refractivity (Wildman–Crippen MR) is 94.0 cm³/mol. The minimum atomic E-state index is -0.137. The Balaban J connectivity index is 1.73. The Bertz CT molecular complexity index is 810. The fraction of sp³-hybridized carbons (Fsp3) is 0.211. The van der Waals surface area contributed by atoms with Gasteiger partial charge in [0.05, 0.1) is 5.71 Å². The first-order valence-corrected chi connectivity index (χ1v) is 7.88. The van der Waals surface area contributed by atoms with Crippen LogP contribution in [0, 0.1) is 12.8 Å². The van der Waals surface area contributed by atoms with Crippen molar-refractivity contribution in [1.29, 1.82) is 0 Å². The van der Waals surface area contributed by atoms with E-state index in [9.17, 15) is 9.59 Å². The number of carbonyl (C=O) groups excluding carboxylic acids is 2. The minimum absolute atomic E-state index is 0.0618. The van der Waals surface area contributed by atoms with Crippen LogP contribution in [0.3, 0.4) is 0 Å². The molecule has 3 rings (SSSR count). The highest BCUT2D eigenvalue weighted by Crippen LogP contribution is 2.19. The Morgan fingerprint density at radius 2 is 1.96 bits per heavy atom. The second kappa shape index (κ2) is 6.66. The number of hydrogen-bond acceptors (Lipinski definition) is 3. The summed E-state index contributed by atoms with van der Waals surface area (Å²) in [6, 6.07) is 14.9. The molecular formula is C19H19N3O2. The van der Waals surface area contributed by atoms with Crippen molar-refractivity contribution in [2.45, 2.75) is 20.3 Å². The smallest absolute Gasteiger partial charge is 0.255 e. The summed E-state index contributed by atoms with van der Waals surface area (Å²) in [7, 11) is 0. The molecule has 1 aliphatic rings. The van der Waals surface area contributed by atoms with Crippen LogP contribution in [0.5, 0.6) is 0 Å². The molecule has 0 saturated carbocycles. The normalized spacial score (nSPS) is 17.0. The highest BCUT2D eigenvalue weighted by molar-refractivity contribution is 6.07. The fourth-order valence-electron chi connectivity index (χ4n) is 2.72. The topological polar surface area (TPSA) is 70.6 Å². The Labute approximate surface area is 140 Å². The van der Waals surface area contributed by atoms with Gasteiger partial charge in [0.15, 0.2) is 0 Å². The number of aryl methyl sites for hydroxylation is 1. The third-order valence-electron chi connectivity index (χ3n) is 3.98. The number of rotatable bonds is 3. The molecule has 0 saturated heterocycles. The minimum Gasteiger partial charge on any atom is -0.322 e. The van der Waals surface area contributed by atoms with E-state index in [4.69, 9.17) is 0 Å². The van der Waals surface area contributed by atoms with Crippen molar-refractivity contribution >= 4 is 23.2 Å². The molecule has 2 aromatic rings. The van der Waals surface area contributed by atoms with E-state index in [1.165, 1.54) is 0 Å². The first-order chi connectivity index (χ1) is 11.5. The SMILES string of the molecule is Cc1cccc(C(=O)Nc2ccc(C3=NNC(=O)CC3C)cc2)c1. The molecule has 0 fully saturated rings. The first-order valence-electron chi connectivity index (χ1n) is 7.88. The molecule has 2 aromatic carbocycles. The van der Waals surface area contributed by atoms with Gasteiger partial charge in [-0.2, -0.15) is 5.10 Å². The molecule has 1 atom stereocenters. The van der Waals surface area contributed by atoms with Gasteiger partial charge in [0.2, 0.25) is 5.91 Å². The van der Waals surface area contributed by atoms with Gasteiger partial charge in [-0.3, -0.25) is 9.59 Å². The summed E-state index contributed by atoms with van der Waals surface area (Å²) in [5.74, 6) is -0.123. The number of benzene rings is 2.